The summed E-state index contributed by atoms with van der Waals surface area (Å²) < 4.78 is 24.2. The number of halogens is 1. The van der Waals surface area contributed by atoms with Crippen LogP contribution >= 0.6 is 0 Å². The van der Waals surface area contributed by atoms with E-state index >= 15 is 0 Å². The van der Waals surface area contributed by atoms with Crippen LogP contribution in [0.15, 0.2) is 36.4 Å². The lowest BCUT2D eigenvalue weighted by Crippen LogP contribution is -1.99. The highest BCUT2D eigenvalue weighted by Crippen LogP contribution is 2.45. The van der Waals surface area contributed by atoms with E-state index < -0.39 is 0 Å². The van der Waals surface area contributed by atoms with Crippen LogP contribution in [0.5, 0.6) is 23.0 Å². The first-order chi connectivity index (χ1) is 7.72. The monoisotopic (exact) mass is 216 g/mol. The Morgan fingerprint density at radius 3 is 2.19 bits per heavy atom. The average molecular weight is 216 g/mol. The SMILES string of the molecule is Cc1ccc2c(c1)Oc1ccc(F)cc1O2. The third-order valence-corrected chi connectivity index (χ3v) is 2.44. The van der Waals surface area contributed by atoms with E-state index in [4.69, 9.17) is 9.47 Å². The van der Waals surface area contributed by atoms with Crippen molar-refractivity contribution < 1.29 is 13.9 Å². The van der Waals surface area contributed by atoms with Gasteiger partial charge in [0.1, 0.15) is 5.82 Å². The van der Waals surface area contributed by atoms with Crippen LogP contribution in [-0.2, 0) is 0 Å². The zero-order valence-electron chi connectivity index (χ0n) is 8.66. The molecular weight excluding hydrogens is 207 g/mol. The van der Waals surface area contributed by atoms with Gasteiger partial charge in [0.2, 0.25) is 0 Å². The Morgan fingerprint density at radius 2 is 1.44 bits per heavy atom. The molecule has 1 aliphatic rings. The van der Waals surface area contributed by atoms with Crippen molar-refractivity contribution in [1.29, 1.82) is 0 Å². The van der Waals surface area contributed by atoms with E-state index in [1.807, 2.05) is 25.1 Å². The minimum atomic E-state index is -0.335. The number of benzene rings is 2. The van der Waals surface area contributed by atoms with Gasteiger partial charge in [-0.05, 0) is 36.8 Å². The molecule has 0 bridgehead atoms. The van der Waals surface area contributed by atoms with Crippen LogP contribution in [-0.4, -0.2) is 0 Å². The van der Waals surface area contributed by atoms with Crippen molar-refractivity contribution in [3.63, 3.8) is 0 Å². The quantitative estimate of drug-likeness (QED) is 0.564. The standard InChI is InChI=1S/C13H9FO2/c1-8-2-4-10-12(6-8)15-11-5-3-9(14)7-13(11)16-10/h2-7H,1H3. The summed E-state index contributed by atoms with van der Waals surface area (Å²) in [6, 6.07) is 9.86. The molecule has 0 saturated heterocycles. The second-order valence-electron chi connectivity index (χ2n) is 3.75. The Bertz CT molecular complexity index is 512. The Morgan fingerprint density at radius 1 is 0.812 bits per heavy atom. The zero-order chi connectivity index (χ0) is 11.1. The molecule has 0 saturated carbocycles. The van der Waals surface area contributed by atoms with E-state index in [9.17, 15) is 4.39 Å². The Labute approximate surface area is 92.2 Å². The summed E-state index contributed by atoms with van der Waals surface area (Å²) >= 11 is 0. The molecule has 0 aromatic heterocycles. The number of hydrogen-bond acceptors (Lipinski definition) is 2. The molecule has 0 unspecified atom stereocenters. The minimum absolute atomic E-state index is 0.335. The highest BCUT2D eigenvalue weighted by molar-refractivity contribution is 5.55. The average Bonchev–Trinajstić information content (AvgIpc) is 2.26. The number of ether oxygens (including phenoxy) is 2. The van der Waals surface area contributed by atoms with Crippen LogP contribution < -0.4 is 9.47 Å². The van der Waals surface area contributed by atoms with Gasteiger partial charge in [-0.25, -0.2) is 4.39 Å². The van der Waals surface area contributed by atoms with Gasteiger partial charge < -0.3 is 9.47 Å². The van der Waals surface area contributed by atoms with E-state index in [1.165, 1.54) is 12.1 Å². The van der Waals surface area contributed by atoms with Crippen molar-refractivity contribution in [2.24, 2.45) is 0 Å². The number of rotatable bonds is 0. The molecular formula is C13H9FO2. The lowest BCUT2D eigenvalue weighted by atomic mass is 10.2. The smallest absolute Gasteiger partial charge is 0.173 e. The molecule has 2 aromatic rings. The van der Waals surface area contributed by atoms with E-state index in [1.54, 1.807) is 6.07 Å². The number of aryl methyl sites for hydroxylation is 1. The molecule has 80 valence electrons. The second-order valence-corrected chi connectivity index (χ2v) is 3.75. The largest absolute Gasteiger partial charge is 0.449 e. The highest BCUT2D eigenvalue weighted by Gasteiger charge is 2.18. The van der Waals surface area contributed by atoms with Gasteiger partial charge in [-0.15, -0.1) is 0 Å². The van der Waals surface area contributed by atoms with Gasteiger partial charge in [0.05, 0.1) is 0 Å². The summed E-state index contributed by atoms with van der Waals surface area (Å²) in [5.74, 6) is 1.90. The molecule has 0 amide bonds. The first kappa shape index (κ1) is 9.21. The Balaban J connectivity index is 2.09. The summed E-state index contributed by atoms with van der Waals surface area (Å²) in [5, 5.41) is 0. The minimum Gasteiger partial charge on any atom is -0.449 e. The third-order valence-electron chi connectivity index (χ3n) is 2.44. The topological polar surface area (TPSA) is 18.5 Å². The molecule has 0 aliphatic carbocycles. The van der Waals surface area contributed by atoms with Crippen molar-refractivity contribution in [2.45, 2.75) is 6.92 Å². The van der Waals surface area contributed by atoms with Crippen LogP contribution in [0.25, 0.3) is 0 Å². The van der Waals surface area contributed by atoms with Crippen molar-refractivity contribution in [1.82, 2.24) is 0 Å². The Hall–Kier alpha value is -2.03. The maximum Gasteiger partial charge on any atom is 0.173 e. The van der Waals surface area contributed by atoms with Crippen molar-refractivity contribution in [3.05, 3.63) is 47.8 Å². The van der Waals surface area contributed by atoms with Gasteiger partial charge >= 0.3 is 0 Å². The van der Waals surface area contributed by atoms with E-state index in [0.717, 1.165) is 5.56 Å². The normalized spacial score (nSPS) is 12.1. The van der Waals surface area contributed by atoms with E-state index in [0.29, 0.717) is 23.0 Å². The maximum atomic E-state index is 13.0. The maximum absolute atomic E-state index is 13.0. The summed E-state index contributed by atoms with van der Waals surface area (Å²) in [7, 11) is 0. The van der Waals surface area contributed by atoms with Gasteiger partial charge in [-0.3, -0.25) is 0 Å². The fourth-order valence-electron chi connectivity index (χ4n) is 1.66. The second kappa shape index (κ2) is 3.23. The molecule has 0 N–H and O–H groups in total. The van der Waals surface area contributed by atoms with Crippen molar-refractivity contribution in [3.8, 4) is 23.0 Å². The molecule has 2 aromatic carbocycles. The highest BCUT2D eigenvalue weighted by atomic mass is 19.1. The van der Waals surface area contributed by atoms with Crippen LogP contribution in [0.2, 0.25) is 0 Å². The molecule has 0 spiro atoms. The molecule has 0 fully saturated rings. The molecule has 16 heavy (non-hydrogen) atoms. The summed E-state index contributed by atoms with van der Waals surface area (Å²) in [6.45, 7) is 1.98. The third kappa shape index (κ3) is 1.41. The van der Waals surface area contributed by atoms with Crippen molar-refractivity contribution in [2.75, 3.05) is 0 Å². The predicted octanol–water partition coefficient (Wildman–Crippen LogP) is 4.03. The van der Waals surface area contributed by atoms with Gasteiger partial charge in [0.15, 0.2) is 23.0 Å². The van der Waals surface area contributed by atoms with E-state index in [2.05, 4.69) is 0 Å². The molecule has 1 heterocycles. The van der Waals surface area contributed by atoms with Crippen LogP contribution in [0.3, 0.4) is 0 Å². The first-order valence-electron chi connectivity index (χ1n) is 4.98. The predicted molar refractivity (Wildman–Crippen MR) is 57.7 cm³/mol. The lowest BCUT2D eigenvalue weighted by Gasteiger charge is -2.20. The van der Waals surface area contributed by atoms with Crippen LogP contribution in [0, 0.1) is 12.7 Å². The summed E-state index contributed by atoms with van der Waals surface area (Å²) in [6.07, 6.45) is 0. The van der Waals surface area contributed by atoms with Gasteiger partial charge in [0.25, 0.3) is 0 Å². The van der Waals surface area contributed by atoms with Gasteiger partial charge in [-0.1, -0.05) is 6.07 Å². The van der Waals surface area contributed by atoms with Crippen LogP contribution in [0.1, 0.15) is 5.56 Å². The van der Waals surface area contributed by atoms with Gasteiger partial charge in [0, 0.05) is 6.07 Å². The first-order valence-corrected chi connectivity index (χ1v) is 4.98. The number of fused-ring (bicyclic) bond motifs is 2. The molecule has 3 rings (SSSR count). The lowest BCUT2D eigenvalue weighted by molar-refractivity contribution is 0.356. The fourth-order valence-corrected chi connectivity index (χ4v) is 1.66. The number of hydrogen-bond donors (Lipinski definition) is 0. The summed E-state index contributed by atoms with van der Waals surface area (Å²) in [5.41, 5.74) is 1.09. The van der Waals surface area contributed by atoms with E-state index in [-0.39, 0.29) is 5.82 Å². The van der Waals surface area contributed by atoms with Gasteiger partial charge in [-0.2, -0.15) is 0 Å². The fraction of sp³-hybridized carbons (Fsp3) is 0.0769. The molecule has 0 radical (unpaired) electrons. The zero-order valence-corrected chi connectivity index (χ0v) is 8.66. The molecule has 1 aliphatic heterocycles. The summed E-state index contributed by atoms with van der Waals surface area (Å²) in [4.78, 5) is 0. The Kier molecular flexibility index (Phi) is 1.86. The van der Waals surface area contributed by atoms with Crippen LogP contribution in [0.4, 0.5) is 4.39 Å². The molecule has 2 nitrogen and oxygen atoms in total. The molecule has 3 heteroatoms. The van der Waals surface area contributed by atoms with Crippen molar-refractivity contribution >= 4 is 0 Å². The molecule has 0 atom stereocenters.